The van der Waals surface area contributed by atoms with Crippen molar-refractivity contribution in [2.75, 3.05) is 7.11 Å². The molecular weight excluding hydrogens is 344 g/mol. The minimum Gasteiger partial charge on any atom is -0.493 e. The van der Waals surface area contributed by atoms with Crippen LogP contribution in [-0.4, -0.2) is 25.2 Å². The van der Waals surface area contributed by atoms with Crippen molar-refractivity contribution >= 4 is 28.9 Å². The van der Waals surface area contributed by atoms with Gasteiger partial charge >= 0.3 is 5.97 Å². The normalized spacial score (nSPS) is 10.7. The van der Waals surface area contributed by atoms with Gasteiger partial charge in [-0.2, -0.15) is 5.10 Å². The first-order chi connectivity index (χ1) is 13.1. The zero-order chi connectivity index (χ0) is 19.2. The molecule has 3 aromatic carbocycles. The van der Waals surface area contributed by atoms with Crippen LogP contribution in [0, 0.1) is 0 Å². The molecule has 0 atom stereocenters. The average Bonchev–Trinajstić information content (AvgIpc) is 2.68. The standard InChI is InChI=1S/C21H18N2O4/c1-14(24)27-19-11-10-15(12-20(19)26-2)13-22-23-21(25)18-9-5-7-16-6-3-4-8-17(16)18/h3-13H,1-2H3,(H,23,25)/b22-13-. The minimum absolute atomic E-state index is 0.299. The monoisotopic (exact) mass is 362 g/mol. The molecule has 1 N–H and O–H groups in total. The van der Waals surface area contributed by atoms with Gasteiger partial charge in [-0.1, -0.05) is 36.4 Å². The highest BCUT2D eigenvalue weighted by Crippen LogP contribution is 2.27. The van der Waals surface area contributed by atoms with Gasteiger partial charge in [0.2, 0.25) is 0 Å². The number of nitrogens with zero attached hydrogens (tertiary/aromatic N) is 1. The number of carbonyl (C=O) groups excluding carboxylic acids is 2. The van der Waals surface area contributed by atoms with E-state index in [1.54, 1.807) is 24.3 Å². The number of methoxy groups -OCH3 is 1. The molecule has 6 heteroatoms. The topological polar surface area (TPSA) is 77.0 Å². The highest BCUT2D eigenvalue weighted by atomic mass is 16.6. The smallest absolute Gasteiger partial charge is 0.308 e. The molecule has 0 aliphatic rings. The predicted molar refractivity (Wildman–Crippen MR) is 103 cm³/mol. The summed E-state index contributed by atoms with van der Waals surface area (Å²) < 4.78 is 10.3. The lowest BCUT2D eigenvalue weighted by molar-refractivity contribution is -0.132. The molecule has 0 radical (unpaired) electrons. The second-order valence-electron chi connectivity index (χ2n) is 5.73. The van der Waals surface area contributed by atoms with E-state index in [2.05, 4.69) is 10.5 Å². The summed E-state index contributed by atoms with van der Waals surface area (Å²) in [5, 5.41) is 5.85. The Morgan fingerprint density at radius 2 is 1.78 bits per heavy atom. The number of hydrazone groups is 1. The molecule has 27 heavy (non-hydrogen) atoms. The van der Waals surface area contributed by atoms with Gasteiger partial charge < -0.3 is 9.47 Å². The Bertz CT molecular complexity index is 1020. The van der Waals surface area contributed by atoms with Crippen LogP contribution in [0.5, 0.6) is 11.5 Å². The molecule has 0 aromatic heterocycles. The molecule has 0 fully saturated rings. The van der Waals surface area contributed by atoms with Gasteiger partial charge in [-0.15, -0.1) is 0 Å². The van der Waals surface area contributed by atoms with Crippen LogP contribution in [0.3, 0.4) is 0 Å². The van der Waals surface area contributed by atoms with E-state index in [1.807, 2.05) is 36.4 Å². The lowest BCUT2D eigenvalue weighted by Crippen LogP contribution is -2.17. The van der Waals surface area contributed by atoms with Gasteiger partial charge in [-0.25, -0.2) is 5.43 Å². The lowest BCUT2D eigenvalue weighted by Gasteiger charge is -2.08. The molecule has 0 saturated heterocycles. The molecule has 1 amide bonds. The summed E-state index contributed by atoms with van der Waals surface area (Å²) >= 11 is 0. The first-order valence-electron chi connectivity index (χ1n) is 8.26. The second kappa shape index (κ2) is 8.14. The summed E-state index contributed by atoms with van der Waals surface area (Å²) in [6.45, 7) is 1.32. The highest BCUT2D eigenvalue weighted by molar-refractivity contribution is 6.07. The number of rotatable bonds is 5. The number of hydrogen-bond acceptors (Lipinski definition) is 5. The third-order valence-corrected chi connectivity index (χ3v) is 3.86. The van der Waals surface area contributed by atoms with E-state index in [4.69, 9.17) is 9.47 Å². The van der Waals surface area contributed by atoms with Crippen molar-refractivity contribution in [2.24, 2.45) is 5.10 Å². The molecule has 0 unspecified atom stereocenters. The van der Waals surface area contributed by atoms with Crippen molar-refractivity contribution in [3.63, 3.8) is 0 Å². The number of fused-ring (bicyclic) bond motifs is 1. The van der Waals surface area contributed by atoms with E-state index < -0.39 is 5.97 Å². The van der Waals surface area contributed by atoms with Crippen LogP contribution >= 0.6 is 0 Å². The van der Waals surface area contributed by atoms with Crippen molar-refractivity contribution in [2.45, 2.75) is 6.92 Å². The zero-order valence-corrected chi connectivity index (χ0v) is 14.9. The SMILES string of the molecule is COc1cc(/C=N\NC(=O)c2cccc3ccccc23)ccc1OC(C)=O. The fraction of sp³-hybridized carbons (Fsp3) is 0.0952. The lowest BCUT2D eigenvalue weighted by atomic mass is 10.0. The molecule has 0 aliphatic heterocycles. The summed E-state index contributed by atoms with van der Waals surface area (Å²) in [6.07, 6.45) is 1.49. The Hall–Kier alpha value is -3.67. The molecule has 0 spiro atoms. The number of esters is 1. The average molecular weight is 362 g/mol. The van der Waals surface area contributed by atoms with Crippen molar-refractivity contribution in [3.8, 4) is 11.5 Å². The van der Waals surface area contributed by atoms with Gasteiger partial charge in [0.25, 0.3) is 5.91 Å². The van der Waals surface area contributed by atoms with Crippen LogP contribution in [0.2, 0.25) is 0 Å². The number of nitrogens with one attached hydrogen (secondary N) is 1. The third kappa shape index (κ3) is 4.30. The van der Waals surface area contributed by atoms with Crippen LogP contribution in [0.1, 0.15) is 22.8 Å². The van der Waals surface area contributed by atoms with E-state index in [0.29, 0.717) is 22.6 Å². The molecule has 0 bridgehead atoms. The maximum Gasteiger partial charge on any atom is 0.308 e. The molecule has 6 nitrogen and oxygen atoms in total. The molecule has 3 aromatic rings. The first-order valence-corrected chi connectivity index (χ1v) is 8.26. The molecule has 0 saturated carbocycles. The Balaban J connectivity index is 1.75. The van der Waals surface area contributed by atoms with Crippen LogP contribution in [-0.2, 0) is 4.79 Å². The van der Waals surface area contributed by atoms with E-state index in [-0.39, 0.29) is 5.91 Å². The Labute approximate surface area is 156 Å². The minimum atomic E-state index is -0.433. The molecular formula is C21H18N2O4. The summed E-state index contributed by atoms with van der Waals surface area (Å²) in [7, 11) is 1.48. The van der Waals surface area contributed by atoms with Gasteiger partial charge in [0, 0.05) is 12.5 Å². The Kier molecular flexibility index (Phi) is 5.47. The van der Waals surface area contributed by atoms with Crippen molar-refractivity contribution in [1.29, 1.82) is 0 Å². The number of benzene rings is 3. The van der Waals surface area contributed by atoms with Crippen LogP contribution < -0.4 is 14.9 Å². The maximum atomic E-state index is 12.4. The second-order valence-corrected chi connectivity index (χ2v) is 5.73. The molecule has 3 rings (SSSR count). The summed E-state index contributed by atoms with van der Waals surface area (Å²) in [5.41, 5.74) is 3.76. The number of ether oxygens (including phenoxy) is 2. The van der Waals surface area contributed by atoms with E-state index in [1.165, 1.54) is 20.2 Å². The van der Waals surface area contributed by atoms with Gasteiger partial charge in [0.15, 0.2) is 11.5 Å². The van der Waals surface area contributed by atoms with Gasteiger partial charge in [0.1, 0.15) is 0 Å². The molecule has 0 aliphatic carbocycles. The third-order valence-electron chi connectivity index (χ3n) is 3.86. The first kappa shape index (κ1) is 18.1. The van der Waals surface area contributed by atoms with Crippen LogP contribution in [0.15, 0.2) is 65.8 Å². The fourth-order valence-corrected chi connectivity index (χ4v) is 2.65. The Morgan fingerprint density at radius 1 is 1.00 bits per heavy atom. The molecule has 136 valence electrons. The van der Waals surface area contributed by atoms with Crippen molar-refractivity contribution in [3.05, 3.63) is 71.8 Å². The van der Waals surface area contributed by atoms with Gasteiger partial charge in [-0.05, 0) is 40.6 Å². The van der Waals surface area contributed by atoms with Gasteiger partial charge in [-0.3, -0.25) is 9.59 Å². The number of hydrogen-bond donors (Lipinski definition) is 1. The van der Waals surface area contributed by atoms with E-state index >= 15 is 0 Å². The highest BCUT2D eigenvalue weighted by Gasteiger charge is 2.09. The van der Waals surface area contributed by atoms with Crippen molar-refractivity contribution < 1.29 is 19.1 Å². The number of amides is 1. The fourth-order valence-electron chi connectivity index (χ4n) is 2.65. The van der Waals surface area contributed by atoms with Gasteiger partial charge in [0.05, 0.1) is 13.3 Å². The van der Waals surface area contributed by atoms with Crippen LogP contribution in [0.4, 0.5) is 0 Å². The van der Waals surface area contributed by atoms with Crippen molar-refractivity contribution in [1.82, 2.24) is 5.43 Å². The maximum absolute atomic E-state index is 12.4. The summed E-state index contributed by atoms with van der Waals surface area (Å²) in [6, 6.07) is 18.2. The molecule has 0 heterocycles. The predicted octanol–water partition coefficient (Wildman–Crippen LogP) is 3.54. The zero-order valence-electron chi connectivity index (χ0n) is 14.9. The quantitative estimate of drug-likeness (QED) is 0.326. The Morgan fingerprint density at radius 3 is 2.56 bits per heavy atom. The summed E-state index contributed by atoms with van der Waals surface area (Å²) in [5.74, 6) is -0.0138. The van der Waals surface area contributed by atoms with Crippen LogP contribution in [0.25, 0.3) is 10.8 Å². The summed E-state index contributed by atoms with van der Waals surface area (Å²) in [4.78, 5) is 23.5. The largest absolute Gasteiger partial charge is 0.493 e. The number of carbonyl (C=O) groups is 2. The van der Waals surface area contributed by atoms with E-state index in [9.17, 15) is 9.59 Å². The van der Waals surface area contributed by atoms with E-state index in [0.717, 1.165) is 10.8 Å².